The van der Waals surface area contributed by atoms with Crippen molar-refractivity contribution in [2.45, 2.75) is 0 Å². The molecule has 0 saturated carbocycles. The summed E-state index contributed by atoms with van der Waals surface area (Å²) in [6, 6.07) is 6.26. The Kier molecular flexibility index (Phi) is 7.52. The first kappa shape index (κ1) is 16.1. The summed E-state index contributed by atoms with van der Waals surface area (Å²) in [5, 5.41) is 17.9. The molecule has 1 rings (SSSR count). The molecule has 0 radical (unpaired) electrons. The maximum Gasteiger partial charge on any atom is 1.00 e. The van der Waals surface area contributed by atoms with Crippen LogP contribution in [0.2, 0.25) is 10.0 Å². The number of allylic oxidation sites excluding steroid dienone is 1. The van der Waals surface area contributed by atoms with E-state index in [9.17, 15) is 4.79 Å². The summed E-state index contributed by atoms with van der Waals surface area (Å²) in [7, 11) is 0. The Hall–Kier alpha value is 0.136. The van der Waals surface area contributed by atoms with Gasteiger partial charge < -0.3 is 6.53 Å². The number of halogens is 2. The SMILES string of the molecule is N#C/C(=C/C(=O)O)c1ccc(Cl)c(Cl)c1.[H-].[K+]. The number of carbonyl (C=O) groups is 1. The van der Waals surface area contributed by atoms with Gasteiger partial charge in [-0.25, -0.2) is 4.79 Å². The number of benzene rings is 1. The van der Waals surface area contributed by atoms with Crippen LogP contribution in [0.5, 0.6) is 0 Å². The van der Waals surface area contributed by atoms with Crippen LogP contribution in [0.1, 0.15) is 6.99 Å². The molecule has 0 fully saturated rings. The van der Waals surface area contributed by atoms with E-state index in [1.54, 1.807) is 6.07 Å². The fourth-order valence-electron chi connectivity index (χ4n) is 0.967. The van der Waals surface area contributed by atoms with Gasteiger partial charge in [0.15, 0.2) is 0 Å². The molecule has 1 aromatic carbocycles. The van der Waals surface area contributed by atoms with Gasteiger partial charge in [0.2, 0.25) is 0 Å². The maximum atomic E-state index is 10.4. The molecule has 78 valence electrons. The van der Waals surface area contributed by atoms with Crippen LogP contribution in [0.15, 0.2) is 24.3 Å². The summed E-state index contributed by atoms with van der Waals surface area (Å²) in [6.07, 6.45) is 0.819. The van der Waals surface area contributed by atoms with Crippen LogP contribution in [0.4, 0.5) is 0 Å². The van der Waals surface area contributed by atoms with Crippen molar-refractivity contribution in [2.75, 3.05) is 0 Å². The average molecular weight is 282 g/mol. The van der Waals surface area contributed by atoms with Crippen molar-refractivity contribution < 1.29 is 62.7 Å². The van der Waals surface area contributed by atoms with Gasteiger partial charge in [0.05, 0.1) is 15.6 Å². The van der Waals surface area contributed by atoms with E-state index < -0.39 is 5.97 Å². The second-order valence-electron chi connectivity index (χ2n) is 2.64. The Morgan fingerprint density at radius 3 is 2.50 bits per heavy atom. The first-order valence-corrected chi connectivity index (χ1v) is 4.60. The van der Waals surface area contributed by atoms with Gasteiger partial charge >= 0.3 is 57.4 Å². The van der Waals surface area contributed by atoms with E-state index in [0.717, 1.165) is 6.08 Å². The number of aliphatic carboxylic acids is 1. The van der Waals surface area contributed by atoms with Crippen molar-refractivity contribution in [3.63, 3.8) is 0 Å². The molecule has 0 aliphatic carbocycles. The molecule has 0 aromatic heterocycles. The van der Waals surface area contributed by atoms with E-state index in [1.807, 2.05) is 0 Å². The first-order valence-electron chi connectivity index (χ1n) is 3.84. The second-order valence-corrected chi connectivity index (χ2v) is 3.45. The van der Waals surface area contributed by atoms with Crippen molar-refractivity contribution in [1.29, 1.82) is 5.26 Å². The van der Waals surface area contributed by atoms with Crippen LogP contribution in [0.25, 0.3) is 5.57 Å². The molecule has 6 heteroatoms. The molecule has 3 nitrogen and oxygen atoms in total. The van der Waals surface area contributed by atoms with E-state index in [1.165, 1.54) is 18.2 Å². The van der Waals surface area contributed by atoms with Gasteiger partial charge in [0.25, 0.3) is 0 Å². The van der Waals surface area contributed by atoms with E-state index >= 15 is 0 Å². The second kappa shape index (κ2) is 7.46. The zero-order chi connectivity index (χ0) is 11.4. The summed E-state index contributed by atoms with van der Waals surface area (Å²) in [6.45, 7) is 0. The molecule has 16 heavy (non-hydrogen) atoms. The Balaban J connectivity index is 0. The summed E-state index contributed by atoms with van der Waals surface area (Å²) in [5.41, 5.74) is 0.454. The van der Waals surface area contributed by atoms with Crippen LogP contribution in [0.3, 0.4) is 0 Å². The Bertz CT molecular complexity index is 486. The first-order chi connectivity index (χ1) is 7.04. The molecule has 0 aliphatic rings. The minimum absolute atomic E-state index is 0. The van der Waals surface area contributed by atoms with Gasteiger partial charge in [-0.2, -0.15) is 5.26 Å². The van der Waals surface area contributed by atoms with Crippen LogP contribution in [-0.4, -0.2) is 11.1 Å². The number of hydrogen-bond acceptors (Lipinski definition) is 2. The normalized spacial score (nSPS) is 10.2. The predicted molar refractivity (Wildman–Crippen MR) is 58.8 cm³/mol. The van der Waals surface area contributed by atoms with Crippen molar-refractivity contribution >= 4 is 34.7 Å². The molecular weight excluding hydrogens is 276 g/mol. The Labute approximate surface area is 147 Å². The molecule has 0 saturated heterocycles. The molecule has 0 amide bonds. The van der Waals surface area contributed by atoms with Gasteiger partial charge in [-0.15, -0.1) is 0 Å². The molecule has 1 N–H and O–H groups in total. The van der Waals surface area contributed by atoms with E-state index in [4.69, 9.17) is 33.6 Å². The quantitative estimate of drug-likeness (QED) is 0.475. The van der Waals surface area contributed by atoms with Gasteiger partial charge in [-0.1, -0.05) is 29.3 Å². The molecule has 0 unspecified atom stereocenters. The zero-order valence-corrected chi connectivity index (χ0v) is 13.0. The largest absolute Gasteiger partial charge is 1.00 e. The number of rotatable bonds is 2. The van der Waals surface area contributed by atoms with Crippen LogP contribution in [-0.2, 0) is 4.79 Å². The average Bonchev–Trinajstić information content (AvgIpc) is 2.18. The topological polar surface area (TPSA) is 61.1 Å². The monoisotopic (exact) mass is 281 g/mol. The number of carboxylic acid groups (broad SMARTS) is 1. The van der Waals surface area contributed by atoms with Crippen molar-refractivity contribution in [3.8, 4) is 6.07 Å². The Morgan fingerprint density at radius 2 is 2.06 bits per heavy atom. The fourth-order valence-corrected chi connectivity index (χ4v) is 1.27. The van der Waals surface area contributed by atoms with Crippen molar-refractivity contribution in [3.05, 3.63) is 39.9 Å². The van der Waals surface area contributed by atoms with E-state index in [-0.39, 0.29) is 63.4 Å². The molecule has 1 aromatic rings. The summed E-state index contributed by atoms with van der Waals surface area (Å²) in [5.74, 6) is -1.18. The van der Waals surface area contributed by atoms with E-state index in [2.05, 4.69) is 0 Å². The Morgan fingerprint density at radius 1 is 1.44 bits per heavy atom. The van der Waals surface area contributed by atoms with Gasteiger partial charge in [0.1, 0.15) is 6.07 Å². The van der Waals surface area contributed by atoms with Crippen LogP contribution < -0.4 is 51.4 Å². The van der Waals surface area contributed by atoms with E-state index in [0.29, 0.717) is 10.6 Å². The van der Waals surface area contributed by atoms with Crippen LogP contribution >= 0.6 is 23.2 Å². The fraction of sp³-hybridized carbons (Fsp3) is 0. The predicted octanol–water partition coefficient (Wildman–Crippen LogP) is 0.101. The third-order valence-electron chi connectivity index (χ3n) is 1.62. The summed E-state index contributed by atoms with van der Waals surface area (Å²) >= 11 is 11.4. The van der Waals surface area contributed by atoms with Crippen LogP contribution in [0, 0.1) is 11.3 Å². The minimum Gasteiger partial charge on any atom is -1.00 e. The molecule has 0 heterocycles. The molecular formula is C10H6Cl2KNO2. The maximum absolute atomic E-state index is 10.4. The van der Waals surface area contributed by atoms with Crippen molar-refractivity contribution in [1.82, 2.24) is 0 Å². The molecule has 0 bridgehead atoms. The molecule has 0 spiro atoms. The summed E-state index contributed by atoms with van der Waals surface area (Å²) in [4.78, 5) is 10.4. The molecule has 0 atom stereocenters. The standard InChI is InChI=1S/C10H5Cl2NO2.K.H/c11-8-2-1-6(3-9(8)12)7(5-13)4-10(14)15;;/h1-4H,(H,14,15);;/q;+1;-1/b7-4-;;. The number of carboxylic acids is 1. The number of nitrogens with zero attached hydrogens (tertiary/aromatic N) is 1. The zero-order valence-electron chi connectivity index (χ0n) is 9.37. The summed E-state index contributed by atoms with van der Waals surface area (Å²) < 4.78 is 0. The third-order valence-corrected chi connectivity index (χ3v) is 2.36. The van der Waals surface area contributed by atoms with Gasteiger partial charge in [0, 0.05) is 6.08 Å². The van der Waals surface area contributed by atoms with Crippen molar-refractivity contribution in [2.24, 2.45) is 0 Å². The number of nitriles is 1. The number of hydrogen-bond donors (Lipinski definition) is 1. The van der Waals surface area contributed by atoms with Gasteiger partial charge in [-0.3, -0.25) is 0 Å². The molecule has 0 aliphatic heterocycles. The third kappa shape index (κ3) is 4.56. The van der Waals surface area contributed by atoms with Gasteiger partial charge in [-0.05, 0) is 17.7 Å². The minimum atomic E-state index is -1.18. The smallest absolute Gasteiger partial charge is 1.00 e.